The van der Waals surface area contributed by atoms with Crippen LogP contribution in [0.3, 0.4) is 0 Å². The number of hydrogen-bond acceptors (Lipinski definition) is 8. The minimum absolute atomic E-state index is 0.0894. The van der Waals surface area contributed by atoms with E-state index in [1.165, 1.54) is 23.1 Å². The molecule has 0 saturated carbocycles. The number of thioether (sulfide) groups is 1. The second-order valence-electron chi connectivity index (χ2n) is 7.36. The molecule has 4 rings (SSSR count). The average Bonchev–Trinajstić information content (AvgIpc) is 3.58. The van der Waals surface area contributed by atoms with Gasteiger partial charge < -0.3 is 15.4 Å². The number of anilines is 1. The van der Waals surface area contributed by atoms with Crippen molar-refractivity contribution in [3.8, 4) is 5.69 Å². The monoisotopic (exact) mass is 521 g/mol. The van der Waals surface area contributed by atoms with Gasteiger partial charge in [0.25, 0.3) is 5.91 Å². The number of rotatable bonds is 10. The van der Waals surface area contributed by atoms with Gasteiger partial charge in [0.2, 0.25) is 5.91 Å². The Morgan fingerprint density at radius 3 is 2.47 bits per heavy atom. The third-order valence-electron chi connectivity index (χ3n) is 4.88. The Balaban J connectivity index is 1.42. The van der Waals surface area contributed by atoms with E-state index in [2.05, 4.69) is 20.8 Å². The van der Waals surface area contributed by atoms with Crippen molar-refractivity contribution in [1.29, 1.82) is 0 Å². The number of carbonyl (C=O) groups excluding carboxylic acids is 3. The van der Waals surface area contributed by atoms with E-state index >= 15 is 0 Å². The molecule has 0 bridgehead atoms. The number of amides is 2. The summed E-state index contributed by atoms with van der Waals surface area (Å²) in [5.74, 6) is -0.196. The van der Waals surface area contributed by atoms with Crippen molar-refractivity contribution in [3.05, 3.63) is 88.4 Å². The van der Waals surface area contributed by atoms with Gasteiger partial charge in [-0.15, -0.1) is 21.5 Å². The number of carbonyl (C=O) groups is 3. The van der Waals surface area contributed by atoms with E-state index in [0.717, 1.165) is 5.69 Å². The highest BCUT2D eigenvalue weighted by Crippen LogP contribution is 2.23. The van der Waals surface area contributed by atoms with Crippen molar-refractivity contribution in [2.45, 2.75) is 18.6 Å². The van der Waals surface area contributed by atoms with Crippen LogP contribution in [0.1, 0.15) is 32.8 Å². The van der Waals surface area contributed by atoms with Crippen LogP contribution in [-0.2, 0) is 16.1 Å². The Hall–Kier alpha value is -3.96. The molecule has 0 aliphatic rings. The van der Waals surface area contributed by atoms with Crippen molar-refractivity contribution >= 4 is 46.6 Å². The van der Waals surface area contributed by atoms with Crippen LogP contribution < -0.4 is 10.6 Å². The fourth-order valence-electron chi connectivity index (χ4n) is 3.23. The third kappa shape index (κ3) is 6.37. The topological polar surface area (TPSA) is 115 Å². The molecule has 0 spiro atoms. The highest BCUT2D eigenvalue weighted by Gasteiger charge is 2.17. The van der Waals surface area contributed by atoms with Crippen molar-refractivity contribution in [1.82, 2.24) is 20.1 Å². The third-order valence-corrected chi connectivity index (χ3v) is 6.68. The summed E-state index contributed by atoms with van der Waals surface area (Å²) < 4.78 is 6.79. The van der Waals surface area contributed by atoms with E-state index in [1.54, 1.807) is 37.3 Å². The number of nitrogens with zero attached hydrogens (tertiary/aromatic N) is 3. The molecule has 2 N–H and O–H groups in total. The summed E-state index contributed by atoms with van der Waals surface area (Å²) in [6.07, 6.45) is 0. The quantitative estimate of drug-likeness (QED) is 0.238. The fourth-order valence-corrected chi connectivity index (χ4v) is 4.64. The number of hydrogen-bond donors (Lipinski definition) is 2. The lowest BCUT2D eigenvalue weighted by Crippen LogP contribution is -2.24. The maximum atomic E-state index is 12.6. The van der Waals surface area contributed by atoms with Crippen molar-refractivity contribution in [2.75, 3.05) is 17.7 Å². The minimum atomic E-state index is -0.409. The Kier molecular flexibility index (Phi) is 8.48. The van der Waals surface area contributed by atoms with Crippen LogP contribution in [0.4, 0.5) is 5.69 Å². The van der Waals surface area contributed by atoms with E-state index in [4.69, 9.17) is 4.74 Å². The Labute approximate surface area is 215 Å². The second kappa shape index (κ2) is 12.1. The van der Waals surface area contributed by atoms with Crippen molar-refractivity contribution in [2.24, 2.45) is 0 Å². The smallest absolute Gasteiger partial charge is 0.338 e. The second-order valence-corrected chi connectivity index (χ2v) is 9.25. The zero-order valence-electron chi connectivity index (χ0n) is 19.3. The summed E-state index contributed by atoms with van der Waals surface area (Å²) in [7, 11) is 0. The van der Waals surface area contributed by atoms with Gasteiger partial charge in [-0.25, -0.2) is 4.79 Å². The van der Waals surface area contributed by atoms with Crippen LogP contribution in [0.2, 0.25) is 0 Å². The van der Waals surface area contributed by atoms with Crippen LogP contribution in [-0.4, -0.2) is 44.9 Å². The number of nitrogens with one attached hydrogen (secondary N) is 2. The van der Waals surface area contributed by atoms with Gasteiger partial charge in [0.05, 0.1) is 29.3 Å². The Morgan fingerprint density at radius 1 is 1.00 bits per heavy atom. The Bertz CT molecular complexity index is 1320. The number of aromatic nitrogens is 3. The van der Waals surface area contributed by atoms with Crippen LogP contribution >= 0.6 is 23.1 Å². The maximum Gasteiger partial charge on any atom is 0.338 e. The summed E-state index contributed by atoms with van der Waals surface area (Å²) in [6, 6.07) is 19.6. The van der Waals surface area contributed by atoms with E-state index in [9.17, 15) is 14.4 Å². The predicted molar refractivity (Wildman–Crippen MR) is 139 cm³/mol. The minimum Gasteiger partial charge on any atom is -0.462 e. The lowest BCUT2D eigenvalue weighted by Gasteiger charge is -2.11. The predicted octanol–water partition coefficient (Wildman–Crippen LogP) is 4.17. The van der Waals surface area contributed by atoms with Gasteiger partial charge in [0.15, 0.2) is 11.0 Å². The molecule has 9 nitrogen and oxygen atoms in total. The molecule has 11 heteroatoms. The molecule has 0 atom stereocenters. The number of thiophene rings is 1. The molecule has 36 heavy (non-hydrogen) atoms. The van der Waals surface area contributed by atoms with Crippen LogP contribution in [0, 0.1) is 0 Å². The molecule has 2 aromatic heterocycles. The molecular formula is C25H23N5O4S2. The van der Waals surface area contributed by atoms with Crippen LogP contribution in [0.5, 0.6) is 0 Å². The number of ether oxygens (including phenoxy) is 1. The number of para-hydroxylation sites is 1. The standard InChI is InChI=1S/C25H23N5O4S2/c1-2-34-24(33)17-10-12-18(13-11-17)27-22(31)16-36-25-29-28-21(30(25)19-7-4-3-5-8-19)15-26-23(32)20-9-6-14-35-20/h3-14H,2,15-16H2,1H3,(H,26,32)(H,27,31). The van der Waals surface area contributed by atoms with Crippen molar-refractivity contribution < 1.29 is 19.1 Å². The molecule has 0 unspecified atom stereocenters. The fraction of sp³-hybridized carbons (Fsp3) is 0.160. The first kappa shape index (κ1) is 25.1. The first-order valence-electron chi connectivity index (χ1n) is 11.1. The number of esters is 1. The van der Waals surface area contributed by atoms with Gasteiger partial charge in [0, 0.05) is 11.4 Å². The molecule has 2 heterocycles. The van der Waals surface area contributed by atoms with E-state index in [0.29, 0.717) is 33.7 Å². The van der Waals surface area contributed by atoms with Gasteiger partial charge in [-0.05, 0) is 54.8 Å². The molecule has 2 amide bonds. The number of benzene rings is 2. The van der Waals surface area contributed by atoms with E-state index in [1.807, 2.05) is 46.3 Å². The van der Waals surface area contributed by atoms with Crippen LogP contribution in [0.25, 0.3) is 5.69 Å². The molecule has 2 aromatic carbocycles. The molecule has 4 aromatic rings. The molecular weight excluding hydrogens is 498 g/mol. The normalized spacial score (nSPS) is 10.6. The molecule has 0 aliphatic heterocycles. The van der Waals surface area contributed by atoms with E-state index in [-0.39, 0.29) is 24.1 Å². The molecule has 0 radical (unpaired) electrons. The maximum absolute atomic E-state index is 12.6. The van der Waals surface area contributed by atoms with E-state index < -0.39 is 5.97 Å². The first-order valence-corrected chi connectivity index (χ1v) is 12.9. The molecule has 0 fully saturated rings. The largest absolute Gasteiger partial charge is 0.462 e. The highest BCUT2D eigenvalue weighted by atomic mass is 32.2. The van der Waals surface area contributed by atoms with Crippen molar-refractivity contribution in [3.63, 3.8) is 0 Å². The average molecular weight is 522 g/mol. The SMILES string of the molecule is CCOC(=O)c1ccc(NC(=O)CSc2nnc(CNC(=O)c3cccs3)n2-c2ccccc2)cc1. The molecule has 0 saturated heterocycles. The first-order chi connectivity index (χ1) is 17.5. The zero-order chi connectivity index (χ0) is 25.3. The Morgan fingerprint density at radius 2 is 1.78 bits per heavy atom. The van der Waals surface area contributed by atoms with Gasteiger partial charge in [0.1, 0.15) is 0 Å². The zero-order valence-corrected chi connectivity index (χ0v) is 21.0. The lowest BCUT2D eigenvalue weighted by molar-refractivity contribution is -0.113. The van der Waals surface area contributed by atoms with Gasteiger partial charge in [-0.3, -0.25) is 14.2 Å². The van der Waals surface area contributed by atoms with Gasteiger partial charge in [-0.1, -0.05) is 36.0 Å². The summed E-state index contributed by atoms with van der Waals surface area (Å²) in [6.45, 7) is 2.22. The van der Waals surface area contributed by atoms with Gasteiger partial charge in [-0.2, -0.15) is 0 Å². The molecule has 184 valence electrons. The van der Waals surface area contributed by atoms with Gasteiger partial charge >= 0.3 is 5.97 Å². The van der Waals surface area contributed by atoms with Crippen LogP contribution in [0.15, 0.2) is 77.3 Å². The summed E-state index contributed by atoms with van der Waals surface area (Å²) in [4.78, 5) is 37.3. The summed E-state index contributed by atoms with van der Waals surface area (Å²) in [5.41, 5.74) is 1.80. The lowest BCUT2D eigenvalue weighted by atomic mass is 10.2. The molecule has 0 aliphatic carbocycles. The summed E-state index contributed by atoms with van der Waals surface area (Å²) >= 11 is 2.59. The summed E-state index contributed by atoms with van der Waals surface area (Å²) in [5, 5.41) is 16.6. The highest BCUT2D eigenvalue weighted by molar-refractivity contribution is 7.99.